The molecule has 1 aliphatic rings. The Hall–Kier alpha value is -2.71. The van der Waals surface area contributed by atoms with Gasteiger partial charge in [0.25, 0.3) is 5.91 Å². The number of sulfonamides is 1. The summed E-state index contributed by atoms with van der Waals surface area (Å²) in [5.74, 6) is 0.308. The Morgan fingerprint density at radius 3 is 2.63 bits per heavy atom. The first-order chi connectivity index (χ1) is 14.4. The predicted octanol–water partition coefficient (Wildman–Crippen LogP) is 2.83. The Morgan fingerprint density at radius 2 is 1.87 bits per heavy atom. The number of pyridine rings is 1. The molecule has 1 N–H and O–H groups in total. The highest BCUT2D eigenvalue weighted by atomic mass is 32.2. The van der Waals surface area contributed by atoms with Gasteiger partial charge in [0.2, 0.25) is 10.0 Å². The Kier molecular flexibility index (Phi) is 5.87. The van der Waals surface area contributed by atoms with Crippen molar-refractivity contribution in [3.63, 3.8) is 0 Å². The van der Waals surface area contributed by atoms with Crippen molar-refractivity contribution in [3.05, 3.63) is 71.7 Å². The van der Waals surface area contributed by atoms with Crippen LogP contribution in [-0.4, -0.2) is 41.1 Å². The van der Waals surface area contributed by atoms with Crippen LogP contribution in [-0.2, 0) is 22.3 Å². The van der Waals surface area contributed by atoms with E-state index in [0.29, 0.717) is 24.6 Å². The molecule has 0 bridgehead atoms. The third kappa shape index (κ3) is 4.55. The van der Waals surface area contributed by atoms with Gasteiger partial charge in [-0.1, -0.05) is 31.2 Å². The molecular formula is C22H26N4O3S. The first kappa shape index (κ1) is 20.6. The lowest BCUT2D eigenvalue weighted by Gasteiger charge is -2.29. The van der Waals surface area contributed by atoms with Gasteiger partial charge < -0.3 is 9.72 Å². The number of aromatic nitrogens is 2. The number of rotatable bonds is 6. The zero-order valence-corrected chi connectivity index (χ0v) is 17.8. The van der Waals surface area contributed by atoms with Crippen molar-refractivity contribution in [2.75, 3.05) is 13.1 Å². The van der Waals surface area contributed by atoms with E-state index in [0.717, 1.165) is 29.6 Å². The number of imidazole rings is 1. The zero-order chi connectivity index (χ0) is 21.1. The molecule has 3 heterocycles. The quantitative estimate of drug-likeness (QED) is 0.657. The molecule has 0 unspecified atom stereocenters. The van der Waals surface area contributed by atoms with Crippen LogP contribution in [0.2, 0.25) is 0 Å². The minimum absolute atomic E-state index is 0.0472. The number of hydrogen-bond donors (Lipinski definition) is 1. The van der Waals surface area contributed by atoms with Gasteiger partial charge in [-0.15, -0.1) is 0 Å². The number of piperidine rings is 1. The van der Waals surface area contributed by atoms with E-state index in [1.54, 1.807) is 39.4 Å². The summed E-state index contributed by atoms with van der Waals surface area (Å²) in [4.78, 5) is 16.8. The summed E-state index contributed by atoms with van der Waals surface area (Å²) in [5.41, 5.74) is 2.83. The summed E-state index contributed by atoms with van der Waals surface area (Å²) in [6.07, 6.45) is 6.99. The van der Waals surface area contributed by atoms with Gasteiger partial charge in [0.1, 0.15) is 5.65 Å². The molecular weight excluding hydrogens is 400 g/mol. The number of benzene rings is 1. The lowest BCUT2D eigenvalue weighted by molar-refractivity contribution is 0.0950. The van der Waals surface area contributed by atoms with Gasteiger partial charge in [-0.2, -0.15) is 0 Å². The van der Waals surface area contributed by atoms with Crippen LogP contribution in [0.25, 0.3) is 5.65 Å². The molecule has 0 radical (unpaired) electrons. The van der Waals surface area contributed by atoms with Gasteiger partial charge in [-0.3, -0.25) is 4.79 Å². The molecule has 2 aromatic heterocycles. The highest BCUT2D eigenvalue weighted by molar-refractivity contribution is 7.88. The maximum atomic E-state index is 12.9. The van der Waals surface area contributed by atoms with Crippen LogP contribution in [0.3, 0.4) is 0 Å². The molecule has 1 amide bonds. The van der Waals surface area contributed by atoms with Crippen LogP contribution >= 0.6 is 0 Å². The van der Waals surface area contributed by atoms with Gasteiger partial charge in [0.05, 0.1) is 11.3 Å². The van der Waals surface area contributed by atoms with Gasteiger partial charge in [0.15, 0.2) is 0 Å². The predicted molar refractivity (Wildman–Crippen MR) is 115 cm³/mol. The maximum Gasteiger partial charge on any atom is 0.253 e. The van der Waals surface area contributed by atoms with Crippen LogP contribution in [0.15, 0.2) is 55.0 Å². The number of hydrogen-bond acceptors (Lipinski definition) is 4. The van der Waals surface area contributed by atoms with E-state index < -0.39 is 10.0 Å². The average Bonchev–Trinajstić information content (AvgIpc) is 3.21. The summed E-state index contributed by atoms with van der Waals surface area (Å²) >= 11 is 0. The smallest absolute Gasteiger partial charge is 0.253 e. The average molecular weight is 427 g/mol. The molecule has 0 aliphatic carbocycles. The van der Waals surface area contributed by atoms with E-state index in [2.05, 4.69) is 17.2 Å². The summed E-state index contributed by atoms with van der Waals surface area (Å²) < 4.78 is 29.2. The van der Waals surface area contributed by atoms with Crippen LogP contribution in [0, 0.1) is 5.92 Å². The van der Waals surface area contributed by atoms with E-state index in [9.17, 15) is 13.2 Å². The Morgan fingerprint density at radius 1 is 1.13 bits per heavy atom. The molecule has 1 saturated heterocycles. The third-order valence-electron chi connectivity index (χ3n) is 5.68. The SMILES string of the molecule is CC1CCN(S(=O)(=O)Cc2ccccc2CNC(=O)c2ccc3nccn3c2)CC1. The van der Waals surface area contributed by atoms with E-state index >= 15 is 0 Å². The van der Waals surface area contributed by atoms with Gasteiger partial charge in [-0.05, 0) is 42.0 Å². The van der Waals surface area contributed by atoms with Gasteiger partial charge >= 0.3 is 0 Å². The molecule has 7 nitrogen and oxygen atoms in total. The van der Waals surface area contributed by atoms with Crippen molar-refractivity contribution in [2.24, 2.45) is 5.92 Å². The van der Waals surface area contributed by atoms with E-state index in [1.165, 1.54) is 0 Å². The van der Waals surface area contributed by atoms with Crippen LogP contribution < -0.4 is 5.32 Å². The zero-order valence-electron chi connectivity index (χ0n) is 17.0. The molecule has 30 heavy (non-hydrogen) atoms. The van der Waals surface area contributed by atoms with E-state index in [1.807, 2.05) is 24.3 Å². The van der Waals surface area contributed by atoms with Crippen molar-refractivity contribution in [1.29, 1.82) is 0 Å². The summed E-state index contributed by atoms with van der Waals surface area (Å²) in [6, 6.07) is 10.9. The fourth-order valence-electron chi connectivity index (χ4n) is 3.75. The van der Waals surface area contributed by atoms with Crippen LogP contribution in [0.4, 0.5) is 0 Å². The summed E-state index contributed by atoms with van der Waals surface area (Å²) in [7, 11) is -3.38. The highest BCUT2D eigenvalue weighted by Crippen LogP contribution is 2.22. The second kappa shape index (κ2) is 8.57. The molecule has 0 atom stereocenters. The minimum atomic E-state index is -3.38. The van der Waals surface area contributed by atoms with Crippen molar-refractivity contribution in [2.45, 2.75) is 32.1 Å². The monoisotopic (exact) mass is 426 g/mol. The molecule has 8 heteroatoms. The number of amides is 1. The van der Waals surface area contributed by atoms with Crippen molar-refractivity contribution in [1.82, 2.24) is 19.0 Å². The highest BCUT2D eigenvalue weighted by Gasteiger charge is 2.27. The lowest BCUT2D eigenvalue weighted by atomic mass is 10.0. The molecule has 0 saturated carbocycles. The fraction of sp³-hybridized carbons (Fsp3) is 0.364. The molecule has 3 aromatic rings. The third-order valence-corrected chi connectivity index (χ3v) is 7.51. The second-order valence-electron chi connectivity index (χ2n) is 7.90. The number of carbonyl (C=O) groups is 1. The molecule has 4 rings (SSSR count). The molecule has 1 fully saturated rings. The van der Waals surface area contributed by atoms with Crippen LogP contribution in [0.1, 0.15) is 41.3 Å². The number of carbonyl (C=O) groups excluding carboxylic acids is 1. The van der Waals surface area contributed by atoms with Gasteiger partial charge in [-0.25, -0.2) is 17.7 Å². The fourth-order valence-corrected chi connectivity index (χ4v) is 5.38. The van der Waals surface area contributed by atoms with Crippen molar-refractivity contribution in [3.8, 4) is 0 Å². The molecule has 0 spiro atoms. The maximum absolute atomic E-state index is 12.9. The Labute approximate surface area is 176 Å². The van der Waals surface area contributed by atoms with E-state index in [4.69, 9.17) is 0 Å². The molecule has 1 aromatic carbocycles. The van der Waals surface area contributed by atoms with Gasteiger partial charge in [0, 0.05) is 38.2 Å². The minimum Gasteiger partial charge on any atom is -0.348 e. The largest absolute Gasteiger partial charge is 0.348 e. The number of fused-ring (bicyclic) bond motifs is 1. The topological polar surface area (TPSA) is 83.8 Å². The Bertz CT molecular complexity index is 1150. The Balaban J connectivity index is 1.44. The van der Waals surface area contributed by atoms with Crippen molar-refractivity contribution < 1.29 is 13.2 Å². The summed E-state index contributed by atoms with van der Waals surface area (Å²) in [5, 5.41) is 2.90. The first-order valence-corrected chi connectivity index (χ1v) is 11.8. The standard InChI is InChI=1S/C22H26N4O3S/c1-17-8-11-26(12-9-17)30(28,29)16-20-5-3-2-4-18(20)14-24-22(27)19-6-7-21-23-10-13-25(21)15-19/h2-7,10,13,15,17H,8-9,11-12,14,16H2,1H3,(H,24,27). The van der Waals surface area contributed by atoms with E-state index in [-0.39, 0.29) is 18.2 Å². The number of nitrogens with zero attached hydrogens (tertiary/aromatic N) is 3. The molecule has 158 valence electrons. The van der Waals surface area contributed by atoms with Crippen LogP contribution in [0.5, 0.6) is 0 Å². The number of nitrogens with one attached hydrogen (secondary N) is 1. The molecule has 1 aliphatic heterocycles. The summed E-state index contributed by atoms with van der Waals surface area (Å²) in [6.45, 7) is 3.59. The second-order valence-corrected chi connectivity index (χ2v) is 9.87. The normalized spacial score (nSPS) is 16.0. The first-order valence-electron chi connectivity index (χ1n) is 10.2. The van der Waals surface area contributed by atoms with Crippen molar-refractivity contribution >= 4 is 21.6 Å². The lowest BCUT2D eigenvalue weighted by Crippen LogP contribution is -2.38.